The summed E-state index contributed by atoms with van der Waals surface area (Å²) in [5.41, 5.74) is 0. The third-order valence-corrected chi connectivity index (χ3v) is 5.69. The van der Waals surface area contributed by atoms with Crippen molar-refractivity contribution in [1.29, 1.82) is 0 Å². The fourth-order valence-corrected chi connectivity index (χ4v) is 4.65. The Kier molecular flexibility index (Phi) is 4.09. The number of sulfonamides is 1. The molecule has 2 rings (SSSR count). The first-order valence-electron chi connectivity index (χ1n) is 6.57. The molecule has 0 saturated carbocycles. The van der Waals surface area contributed by atoms with Crippen LogP contribution in [-0.2, 0) is 17.1 Å². The number of hydrogen-bond donors (Lipinski definition) is 0. The van der Waals surface area contributed by atoms with E-state index < -0.39 is 20.8 Å². The predicted octanol–water partition coefficient (Wildman–Crippen LogP) is 1.28. The molecule has 8 nitrogen and oxygen atoms in total. The van der Waals surface area contributed by atoms with Crippen molar-refractivity contribution in [3.63, 3.8) is 0 Å². The van der Waals surface area contributed by atoms with Gasteiger partial charge in [-0.3, -0.25) is 4.57 Å². The molecule has 9 heteroatoms. The first kappa shape index (κ1) is 14.9. The van der Waals surface area contributed by atoms with Crippen LogP contribution in [0.4, 0.5) is 5.82 Å². The Morgan fingerprint density at radius 3 is 2.80 bits per heavy atom. The van der Waals surface area contributed by atoms with Gasteiger partial charge in [0.05, 0.1) is 0 Å². The fraction of sp³-hybridized carbons (Fsp3) is 0.727. The van der Waals surface area contributed by atoms with Crippen molar-refractivity contribution in [2.45, 2.75) is 43.7 Å². The summed E-state index contributed by atoms with van der Waals surface area (Å²) in [6.07, 6.45) is 4.42. The van der Waals surface area contributed by atoms with E-state index in [-0.39, 0.29) is 11.1 Å². The summed E-state index contributed by atoms with van der Waals surface area (Å²) in [4.78, 5) is 13.8. The molecule has 0 aliphatic carbocycles. The van der Waals surface area contributed by atoms with E-state index in [4.69, 9.17) is 0 Å². The molecule has 20 heavy (non-hydrogen) atoms. The molecule has 1 aliphatic rings. The first-order valence-corrected chi connectivity index (χ1v) is 8.01. The summed E-state index contributed by atoms with van der Waals surface area (Å²) < 4.78 is 28.0. The van der Waals surface area contributed by atoms with Gasteiger partial charge in [0.25, 0.3) is 15.0 Å². The molecule has 2 heterocycles. The van der Waals surface area contributed by atoms with Gasteiger partial charge in [-0.05, 0) is 29.2 Å². The molecule has 0 radical (unpaired) electrons. The molecular formula is C11H18N4O4S. The Balaban J connectivity index is 2.49. The van der Waals surface area contributed by atoms with Crippen molar-refractivity contribution in [1.82, 2.24) is 13.9 Å². The molecule has 1 fully saturated rings. The van der Waals surface area contributed by atoms with Crippen LogP contribution in [0.3, 0.4) is 0 Å². The number of aryl methyl sites for hydroxylation is 1. The zero-order valence-corrected chi connectivity index (χ0v) is 12.3. The van der Waals surface area contributed by atoms with Gasteiger partial charge < -0.3 is 10.1 Å². The summed E-state index contributed by atoms with van der Waals surface area (Å²) in [5.74, 6) is -0.604. The van der Waals surface area contributed by atoms with Crippen molar-refractivity contribution in [2.75, 3.05) is 6.54 Å². The second-order valence-electron chi connectivity index (χ2n) is 4.91. The summed E-state index contributed by atoms with van der Waals surface area (Å²) in [6, 6.07) is -0.0942. The van der Waals surface area contributed by atoms with Gasteiger partial charge in [0.1, 0.15) is 0 Å². The van der Waals surface area contributed by atoms with Crippen LogP contribution >= 0.6 is 0 Å². The summed E-state index contributed by atoms with van der Waals surface area (Å²) >= 11 is 0. The monoisotopic (exact) mass is 302 g/mol. The molecule has 1 aliphatic heterocycles. The molecule has 0 N–H and O–H groups in total. The summed E-state index contributed by atoms with van der Waals surface area (Å²) in [6.45, 7) is 2.33. The summed E-state index contributed by atoms with van der Waals surface area (Å²) in [5, 5.41) is 10.6. The smallest absolute Gasteiger partial charge is 0.358 e. The number of imidazole rings is 1. The van der Waals surface area contributed by atoms with Crippen LogP contribution < -0.4 is 0 Å². The van der Waals surface area contributed by atoms with Crippen LogP contribution in [0.15, 0.2) is 11.4 Å². The standard InChI is InChI=1S/C11H18N4O4S/c1-3-9-6-4-5-7-14(9)20(18,19)11-10(15(16)17)12-8-13(11)2/h8-9H,3-7H2,1-2H3/t9-/m0/s1. The highest BCUT2D eigenvalue weighted by atomic mass is 32.2. The van der Waals surface area contributed by atoms with E-state index in [1.165, 1.54) is 15.9 Å². The van der Waals surface area contributed by atoms with Crippen molar-refractivity contribution in [2.24, 2.45) is 7.05 Å². The Morgan fingerprint density at radius 2 is 2.20 bits per heavy atom. The van der Waals surface area contributed by atoms with E-state index >= 15 is 0 Å². The van der Waals surface area contributed by atoms with Gasteiger partial charge in [0, 0.05) is 19.6 Å². The third kappa shape index (κ3) is 2.42. The van der Waals surface area contributed by atoms with Gasteiger partial charge in [-0.15, -0.1) is 0 Å². The zero-order valence-electron chi connectivity index (χ0n) is 11.5. The van der Waals surface area contributed by atoms with Crippen LogP contribution in [0.2, 0.25) is 0 Å². The molecule has 0 unspecified atom stereocenters. The maximum Gasteiger partial charge on any atom is 0.402 e. The number of hydrogen-bond acceptors (Lipinski definition) is 5. The Hall–Kier alpha value is -1.48. The highest BCUT2D eigenvalue weighted by Crippen LogP contribution is 2.30. The van der Waals surface area contributed by atoms with Crippen molar-refractivity contribution in [3.05, 3.63) is 16.4 Å². The first-order chi connectivity index (χ1) is 9.39. The Morgan fingerprint density at radius 1 is 1.50 bits per heavy atom. The van der Waals surface area contributed by atoms with Gasteiger partial charge in [-0.2, -0.15) is 4.31 Å². The number of nitrogens with zero attached hydrogens (tertiary/aromatic N) is 4. The highest BCUT2D eigenvalue weighted by molar-refractivity contribution is 7.89. The molecule has 0 aromatic carbocycles. The van der Waals surface area contributed by atoms with E-state index in [9.17, 15) is 18.5 Å². The molecular weight excluding hydrogens is 284 g/mol. The Labute approximate surface area is 117 Å². The number of rotatable bonds is 4. The van der Waals surface area contributed by atoms with E-state index in [1.54, 1.807) is 0 Å². The van der Waals surface area contributed by atoms with Crippen molar-refractivity contribution in [3.8, 4) is 0 Å². The van der Waals surface area contributed by atoms with E-state index in [2.05, 4.69) is 4.98 Å². The van der Waals surface area contributed by atoms with E-state index in [0.29, 0.717) is 13.0 Å². The quantitative estimate of drug-likeness (QED) is 0.616. The Bertz CT molecular complexity index is 610. The molecule has 1 aromatic rings. The number of piperidine rings is 1. The molecule has 1 aromatic heterocycles. The van der Waals surface area contributed by atoms with Crippen LogP contribution in [0.25, 0.3) is 0 Å². The molecule has 112 valence electrons. The van der Waals surface area contributed by atoms with Gasteiger partial charge in [-0.1, -0.05) is 13.3 Å². The largest absolute Gasteiger partial charge is 0.402 e. The maximum atomic E-state index is 12.7. The number of nitro groups is 1. The van der Waals surface area contributed by atoms with Gasteiger partial charge in [0.2, 0.25) is 6.33 Å². The summed E-state index contributed by atoms with van der Waals surface area (Å²) in [7, 11) is -2.44. The van der Waals surface area contributed by atoms with Gasteiger partial charge >= 0.3 is 5.82 Å². The zero-order chi connectivity index (χ0) is 14.9. The molecule has 1 atom stereocenters. The van der Waals surface area contributed by atoms with Crippen molar-refractivity contribution < 1.29 is 13.3 Å². The minimum atomic E-state index is -3.89. The lowest BCUT2D eigenvalue weighted by atomic mass is 10.0. The van der Waals surface area contributed by atoms with Crippen LogP contribution in [0.1, 0.15) is 32.6 Å². The normalized spacial score (nSPS) is 21.0. The molecule has 0 spiro atoms. The van der Waals surface area contributed by atoms with Crippen LogP contribution in [0, 0.1) is 10.1 Å². The second-order valence-corrected chi connectivity index (χ2v) is 6.72. The minimum Gasteiger partial charge on any atom is -0.358 e. The number of aromatic nitrogens is 2. The highest BCUT2D eigenvalue weighted by Gasteiger charge is 2.40. The lowest BCUT2D eigenvalue weighted by molar-refractivity contribution is -0.392. The van der Waals surface area contributed by atoms with Crippen LogP contribution in [-0.4, -0.2) is 39.8 Å². The average molecular weight is 302 g/mol. The second kappa shape index (κ2) is 5.49. The topological polar surface area (TPSA) is 98.3 Å². The SMILES string of the molecule is CC[C@H]1CCCCN1S(=O)(=O)c1c([N+](=O)[O-])ncn1C. The lowest BCUT2D eigenvalue weighted by Gasteiger charge is -2.33. The predicted molar refractivity (Wildman–Crippen MR) is 71.7 cm³/mol. The lowest BCUT2D eigenvalue weighted by Crippen LogP contribution is -2.43. The van der Waals surface area contributed by atoms with Gasteiger partial charge in [-0.25, -0.2) is 8.42 Å². The van der Waals surface area contributed by atoms with E-state index in [1.807, 2.05) is 6.92 Å². The molecule has 1 saturated heterocycles. The third-order valence-electron chi connectivity index (χ3n) is 3.64. The minimum absolute atomic E-state index is 0.0942. The average Bonchev–Trinajstić information content (AvgIpc) is 2.81. The van der Waals surface area contributed by atoms with E-state index in [0.717, 1.165) is 25.6 Å². The van der Waals surface area contributed by atoms with Crippen molar-refractivity contribution >= 4 is 15.8 Å². The van der Waals surface area contributed by atoms with Gasteiger partial charge in [0.15, 0.2) is 0 Å². The fourth-order valence-electron chi connectivity index (χ4n) is 2.64. The van der Waals surface area contributed by atoms with Crippen LogP contribution in [0.5, 0.6) is 0 Å². The molecule has 0 amide bonds. The maximum absolute atomic E-state index is 12.7. The molecule has 0 bridgehead atoms.